The molecule has 0 saturated heterocycles. The van der Waals surface area contributed by atoms with Crippen LogP contribution in [0.1, 0.15) is 42.0 Å². The van der Waals surface area contributed by atoms with Crippen molar-refractivity contribution in [3.8, 4) is 0 Å². The van der Waals surface area contributed by atoms with Crippen molar-refractivity contribution >= 4 is 5.78 Å². The second-order valence-corrected chi connectivity index (χ2v) is 4.69. The predicted octanol–water partition coefficient (Wildman–Crippen LogP) is 2.65. The van der Waals surface area contributed by atoms with Gasteiger partial charge in [0.1, 0.15) is 0 Å². The third kappa shape index (κ3) is 3.19. The Hall–Kier alpha value is -1.09. The molecule has 0 aliphatic carbocycles. The molecule has 3 heteroatoms. The zero-order chi connectivity index (χ0) is 13.0. The molecule has 3 nitrogen and oxygen atoms in total. The van der Waals surface area contributed by atoms with Crippen LogP contribution in [0.3, 0.4) is 0 Å². The number of carbonyl (C=O) groups is 1. The van der Waals surface area contributed by atoms with Gasteiger partial charge in [-0.05, 0) is 46.9 Å². The maximum absolute atomic E-state index is 12.2. The largest absolute Gasteiger partial charge is 0.349 e. The van der Waals surface area contributed by atoms with Gasteiger partial charge in [0.05, 0.1) is 6.54 Å². The van der Waals surface area contributed by atoms with Crippen LogP contribution in [0.5, 0.6) is 0 Å². The Bertz CT molecular complexity index is 393. The summed E-state index contributed by atoms with van der Waals surface area (Å²) in [5.41, 5.74) is 3.15. The van der Waals surface area contributed by atoms with Crippen LogP contribution in [-0.4, -0.2) is 35.4 Å². The van der Waals surface area contributed by atoms with Gasteiger partial charge in [-0.25, -0.2) is 0 Å². The van der Waals surface area contributed by atoms with Crippen LogP contribution in [0, 0.1) is 13.8 Å². The van der Waals surface area contributed by atoms with Crippen LogP contribution in [-0.2, 0) is 6.54 Å². The number of likely N-dealkylation sites (N-methyl/N-ethyl adjacent to an activating group) is 1. The second-order valence-electron chi connectivity index (χ2n) is 4.69. The van der Waals surface area contributed by atoms with Gasteiger partial charge < -0.3 is 4.57 Å². The number of Topliss-reactive ketones (excluding diaryl/α,β-unsaturated/α-hetero) is 1. The Morgan fingerprint density at radius 1 is 1.35 bits per heavy atom. The minimum atomic E-state index is 0.230. The molecule has 0 aromatic carbocycles. The van der Waals surface area contributed by atoms with Crippen molar-refractivity contribution in [3.05, 3.63) is 23.0 Å². The molecule has 0 N–H and O–H groups in total. The van der Waals surface area contributed by atoms with Crippen LogP contribution in [0.25, 0.3) is 0 Å². The van der Waals surface area contributed by atoms with Gasteiger partial charge in [0, 0.05) is 23.5 Å². The Morgan fingerprint density at radius 3 is 2.47 bits per heavy atom. The summed E-state index contributed by atoms with van der Waals surface area (Å²) in [6.07, 6.45) is 1.08. The van der Waals surface area contributed by atoms with E-state index in [1.165, 1.54) is 5.69 Å². The highest BCUT2D eigenvalue weighted by molar-refractivity contribution is 5.99. The highest BCUT2D eigenvalue weighted by atomic mass is 16.1. The number of hydrogen-bond donors (Lipinski definition) is 0. The summed E-state index contributed by atoms with van der Waals surface area (Å²) in [4.78, 5) is 14.3. The van der Waals surface area contributed by atoms with Gasteiger partial charge in [0.2, 0.25) is 0 Å². The molecule has 1 aromatic rings. The van der Waals surface area contributed by atoms with E-state index in [2.05, 4.69) is 30.2 Å². The number of rotatable bonds is 6. The van der Waals surface area contributed by atoms with Crippen molar-refractivity contribution in [1.82, 2.24) is 9.47 Å². The Morgan fingerprint density at radius 2 is 2.00 bits per heavy atom. The first-order valence-corrected chi connectivity index (χ1v) is 6.39. The summed E-state index contributed by atoms with van der Waals surface area (Å²) in [7, 11) is 2.00. The maximum atomic E-state index is 12.2. The van der Waals surface area contributed by atoms with Gasteiger partial charge in [-0.3, -0.25) is 9.69 Å². The lowest BCUT2D eigenvalue weighted by molar-refractivity contribution is 0.0945. The molecule has 0 radical (unpaired) electrons. The van der Waals surface area contributed by atoms with Crippen molar-refractivity contribution in [2.75, 3.05) is 20.1 Å². The minimum Gasteiger partial charge on any atom is -0.349 e. The van der Waals surface area contributed by atoms with E-state index in [1.54, 1.807) is 0 Å². The Labute approximate surface area is 104 Å². The lowest BCUT2D eigenvalue weighted by atomic mass is 10.1. The summed E-state index contributed by atoms with van der Waals surface area (Å²) in [5, 5.41) is 0. The highest BCUT2D eigenvalue weighted by Crippen LogP contribution is 2.15. The first-order chi connectivity index (χ1) is 8.01. The first-order valence-electron chi connectivity index (χ1n) is 6.39. The lowest BCUT2D eigenvalue weighted by Crippen LogP contribution is -2.26. The van der Waals surface area contributed by atoms with Crippen molar-refractivity contribution in [2.24, 2.45) is 0 Å². The molecule has 0 unspecified atom stereocenters. The lowest BCUT2D eigenvalue weighted by Gasteiger charge is -2.14. The van der Waals surface area contributed by atoms with Gasteiger partial charge >= 0.3 is 0 Å². The summed E-state index contributed by atoms with van der Waals surface area (Å²) >= 11 is 0. The number of ketones is 1. The van der Waals surface area contributed by atoms with Crippen molar-refractivity contribution < 1.29 is 4.79 Å². The van der Waals surface area contributed by atoms with Gasteiger partial charge in [0.15, 0.2) is 5.78 Å². The molecule has 1 aromatic heterocycles. The van der Waals surface area contributed by atoms with E-state index >= 15 is 0 Å². The summed E-state index contributed by atoms with van der Waals surface area (Å²) in [5.74, 6) is 0.230. The average Bonchev–Trinajstić information content (AvgIpc) is 2.54. The van der Waals surface area contributed by atoms with Crippen LogP contribution < -0.4 is 0 Å². The number of carbonyl (C=O) groups excluding carboxylic acids is 1. The minimum absolute atomic E-state index is 0.230. The van der Waals surface area contributed by atoms with Crippen molar-refractivity contribution in [1.29, 1.82) is 0 Å². The topological polar surface area (TPSA) is 25.2 Å². The Balaban J connectivity index is 2.82. The first kappa shape index (κ1) is 14.0. The van der Waals surface area contributed by atoms with E-state index < -0.39 is 0 Å². The quantitative estimate of drug-likeness (QED) is 0.709. The molecule has 0 bridgehead atoms. The molecule has 1 heterocycles. The summed E-state index contributed by atoms with van der Waals surface area (Å²) in [6, 6.07) is 2.01. The van der Waals surface area contributed by atoms with Gasteiger partial charge in [-0.1, -0.05) is 6.92 Å². The molecule has 1 rings (SSSR count). The van der Waals surface area contributed by atoms with Crippen molar-refractivity contribution in [3.63, 3.8) is 0 Å². The average molecular weight is 236 g/mol. The van der Waals surface area contributed by atoms with Crippen LogP contribution in [0.4, 0.5) is 0 Å². The fourth-order valence-electron chi connectivity index (χ4n) is 2.36. The molecule has 17 heavy (non-hydrogen) atoms. The predicted molar refractivity (Wildman–Crippen MR) is 71.7 cm³/mol. The van der Waals surface area contributed by atoms with Crippen LogP contribution >= 0.6 is 0 Å². The third-order valence-electron chi connectivity index (χ3n) is 3.21. The number of hydrogen-bond acceptors (Lipinski definition) is 2. The smallest absolute Gasteiger partial charge is 0.178 e. The molecule has 0 aliphatic rings. The summed E-state index contributed by atoms with van der Waals surface area (Å²) < 4.78 is 2.19. The van der Waals surface area contributed by atoms with Gasteiger partial charge in [0.25, 0.3) is 0 Å². The molecular formula is C14H24N2O. The third-order valence-corrected chi connectivity index (χ3v) is 3.21. The zero-order valence-corrected chi connectivity index (χ0v) is 11.7. The fraction of sp³-hybridized carbons (Fsp3) is 0.643. The van der Waals surface area contributed by atoms with E-state index in [-0.39, 0.29) is 5.78 Å². The maximum Gasteiger partial charge on any atom is 0.178 e. The fourth-order valence-corrected chi connectivity index (χ4v) is 2.36. The van der Waals surface area contributed by atoms with Crippen molar-refractivity contribution in [2.45, 2.75) is 40.7 Å². The SMILES string of the molecule is CCCN(C)CC(=O)c1cc(C)n(CC)c1C. The zero-order valence-electron chi connectivity index (χ0n) is 11.7. The second kappa shape index (κ2) is 6.01. The standard InChI is InChI=1S/C14H24N2O/c1-6-8-15(5)10-14(17)13-9-11(3)16(7-2)12(13)4/h9H,6-8,10H2,1-5H3. The Kier molecular flexibility index (Phi) is 4.94. The van der Waals surface area contributed by atoms with Gasteiger partial charge in [-0.2, -0.15) is 0 Å². The number of aryl methyl sites for hydroxylation is 1. The van der Waals surface area contributed by atoms with E-state index in [9.17, 15) is 4.79 Å². The molecule has 0 aliphatic heterocycles. The molecule has 0 spiro atoms. The molecule has 96 valence electrons. The van der Waals surface area contributed by atoms with Crippen LogP contribution in [0.2, 0.25) is 0 Å². The van der Waals surface area contributed by atoms with Gasteiger partial charge in [-0.15, -0.1) is 0 Å². The van der Waals surface area contributed by atoms with E-state index in [0.29, 0.717) is 6.54 Å². The van der Waals surface area contributed by atoms with E-state index in [1.807, 2.05) is 20.0 Å². The molecule has 0 atom stereocenters. The molecule has 0 amide bonds. The van der Waals surface area contributed by atoms with E-state index in [4.69, 9.17) is 0 Å². The van der Waals surface area contributed by atoms with Crippen LogP contribution in [0.15, 0.2) is 6.07 Å². The summed E-state index contributed by atoms with van der Waals surface area (Å²) in [6.45, 7) is 10.7. The highest BCUT2D eigenvalue weighted by Gasteiger charge is 2.15. The normalized spacial score (nSPS) is 11.2. The number of aromatic nitrogens is 1. The number of nitrogens with zero attached hydrogens (tertiary/aromatic N) is 2. The molecular weight excluding hydrogens is 212 g/mol. The monoisotopic (exact) mass is 236 g/mol. The van der Waals surface area contributed by atoms with E-state index in [0.717, 1.165) is 30.8 Å². The molecule has 0 fully saturated rings. The molecule has 0 saturated carbocycles.